The number of amides is 1. The molecule has 0 radical (unpaired) electrons. The number of thiophene rings is 1. The highest BCUT2D eigenvalue weighted by Crippen LogP contribution is 2.19. The fourth-order valence-electron chi connectivity index (χ4n) is 1.48. The highest BCUT2D eigenvalue weighted by atomic mass is 35.5. The van der Waals surface area contributed by atoms with Crippen molar-refractivity contribution in [1.29, 1.82) is 0 Å². The lowest BCUT2D eigenvalue weighted by Crippen LogP contribution is -2.34. The molecule has 0 aliphatic carbocycles. The Morgan fingerprint density at radius 3 is 2.76 bits per heavy atom. The molecule has 1 N–H and O–H groups in total. The Bertz CT molecular complexity index is 715. The van der Waals surface area contributed by atoms with Crippen molar-refractivity contribution in [2.75, 3.05) is 18.9 Å². The number of likely N-dealkylation sites (N-methyl/N-ethyl adjacent to an activating group) is 1. The van der Waals surface area contributed by atoms with Crippen LogP contribution in [0.3, 0.4) is 0 Å². The van der Waals surface area contributed by atoms with Gasteiger partial charge in [0.2, 0.25) is 5.91 Å². The summed E-state index contributed by atoms with van der Waals surface area (Å²) in [5.74, 6) is -0.168. The first-order valence-corrected chi connectivity index (χ1v) is 8.50. The van der Waals surface area contributed by atoms with Crippen LogP contribution in [0.15, 0.2) is 40.1 Å². The van der Waals surface area contributed by atoms with Gasteiger partial charge < -0.3 is 5.32 Å². The lowest BCUT2D eigenvalue weighted by molar-refractivity contribution is -0.116. The van der Waals surface area contributed by atoms with Gasteiger partial charge in [0.15, 0.2) is 0 Å². The Kier molecular flexibility index (Phi) is 4.94. The fraction of sp³-hybridized carbons (Fsp3) is 0.167. The number of nitrogens with one attached hydrogen (secondary N) is 1. The molecule has 0 aliphatic rings. The molecule has 0 aliphatic heterocycles. The van der Waals surface area contributed by atoms with Gasteiger partial charge in [-0.1, -0.05) is 17.7 Å². The minimum absolute atomic E-state index is 0.197. The van der Waals surface area contributed by atoms with E-state index in [4.69, 9.17) is 11.6 Å². The van der Waals surface area contributed by atoms with E-state index in [-0.39, 0.29) is 10.8 Å². The average Bonchev–Trinajstić information content (AvgIpc) is 2.96. The molecular formula is C12H12ClN3O3S2. The number of hydrogen-bond acceptors (Lipinski definition) is 5. The molecule has 112 valence electrons. The van der Waals surface area contributed by atoms with Crippen LogP contribution >= 0.6 is 22.9 Å². The van der Waals surface area contributed by atoms with E-state index in [1.165, 1.54) is 25.4 Å². The van der Waals surface area contributed by atoms with E-state index in [0.29, 0.717) is 10.8 Å². The first-order chi connectivity index (χ1) is 9.89. The number of halogens is 1. The van der Waals surface area contributed by atoms with Crippen molar-refractivity contribution in [3.63, 3.8) is 0 Å². The predicted octanol–water partition coefficient (Wildman–Crippen LogP) is 2.06. The summed E-state index contributed by atoms with van der Waals surface area (Å²) in [5.41, 5.74) is 0. The summed E-state index contributed by atoms with van der Waals surface area (Å²) in [4.78, 5) is 15.7. The third-order valence-electron chi connectivity index (χ3n) is 2.52. The summed E-state index contributed by atoms with van der Waals surface area (Å²) in [6.45, 7) is -0.301. The van der Waals surface area contributed by atoms with Crippen molar-refractivity contribution in [3.8, 4) is 0 Å². The number of hydrogen-bond donors (Lipinski definition) is 1. The number of carbonyl (C=O) groups is 1. The van der Waals surface area contributed by atoms with Gasteiger partial charge in [-0.2, -0.15) is 4.31 Å². The lowest BCUT2D eigenvalue weighted by atomic mass is 10.4. The fourth-order valence-corrected chi connectivity index (χ4v) is 3.92. The van der Waals surface area contributed by atoms with Crippen LogP contribution < -0.4 is 5.32 Å². The molecule has 2 heterocycles. The van der Waals surface area contributed by atoms with E-state index in [2.05, 4.69) is 10.3 Å². The van der Waals surface area contributed by atoms with Crippen molar-refractivity contribution in [2.24, 2.45) is 0 Å². The van der Waals surface area contributed by atoms with Gasteiger partial charge in [-0.05, 0) is 23.6 Å². The molecule has 2 aromatic heterocycles. The van der Waals surface area contributed by atoms with Gasteiger partial charge in [-0.25, -0.2) is 13.4 Å². The van der Waals surface area contributed by atoms with Crippen LogP contribution in [0.2, 0.25) is 5.02 Å². The molecule has 6 nitrogen and oxygen atoms in total. The van der Waals surface area contributed by atoms with Crippen molar-refractivity contribution < 1.29 is 13.2 Å². The second kappa shape index (κ2) is 6.52. The quantitative estimate of drug-likeness (QED) is 0.899. The van der Waals surface area contributed by atoms with E-state index in [0.717, 1.165) is 15.6 Å². The summed E-state index contributed by atoms with van der Waals surface area (Å²) in [5, 5.41) is 4.62. The molecule has 9 heteroatoms. The number of nitrogens with zero attached hydrogens (tertiary/aromatic N) is 2. The first-order valence-electron chi connectivity index (χ1n) is 5.81. The molecule has 1 amide bonds. The van der Waals surface area contributed by atoms with Gasteiger partial charge in [0, 0.05) is 13.2 Å². The topological polar surface area (TPSA) is 79.4 Å². The zero-order valence-electron chi connectivity index (χ0n) is 11.0. The van der Waals surface area contributed by atoms with Crippen LogP contribution in [0.1, 0.15) is 0 Å². The number of sulfonamides is 1. The van der Waals surface area contributed by atoms with Crippen molar-refractivity contribution in [3.05, 3.63) is 40.9 Å². The van der Waals surface area contributed by atoms with Crippen LogP contribution in [0.5, 0.6) is 0 Å². The van der Waals surface area contributed by atoms with Gasteiger partial charge in [-0.15, -0.1) is 11.3 Å². The van der Waals surface area contributed by atoms with Crippen molar-refractivity contribution >= 4 is 44.7 Å². The highest BCUT2D eigenvalue weighted by Gasteiger charge is 2.23. The second-order valence-corrected chi connectivity index (χ2v) is 7.76. The molecule has 0 spiro atoms. The van der Waals surface area contributed by atoms with Crippen LogP contribution in [-0.4, -0.2) is 37.2 Å². The standard InChI is InChI=1S/C12H12ClN3O3S2/c1-16(21(18,19)12-3-2-6-20-12)8-11(17)15-10-5-4-9(13)7-14-10/h2-7H,8H2,1H3,(H,14,15,17). The maximum absolute atomic E-state index is 12.1. The molecular weight excluding hydrogens is 334 g/mol. The van der Waals surface area contributed by atoms with E-state index < -0.39 is 15.9 Å². The van der Waals surface area contributed by atoms with E-state index in [1.807, 2.05) is 0 Å². The van der Waals surface area contributed by atoms with Gasteiger partial charge in [-0.3, -0.25) is 4.79 Å². The Morgan fingerprint density at radius 1 is 1.43 bits per heavy atom. The van der Waals surface area contributed by atoms with Gasteiger partial charge in [0.05, 0.1) is 11.6 Å². The number of anilines is 1. The summed E-state index contributed by atoms with van der Waals surface area (Å²) >= 11 is 6.79. The summed E-state index contributed by atoms with van der Waals surface area (Å²) < 4.78 is 25.5. The van der Waals surface area contributed by atoms with Gasteiger partial charge in [0.1, 0.15) is 10.0 Å². The summed E-state index contributed by atoms with van der Waals surface area (Å²) in [6, 6.07) is 6.25. The lowest BCUT2D eigenvalue weighted by Gasteiger charge is -2.15. The van der Waals surface area contributed by atoms with Gasteiger partial charge >= 0.3 is 0 Å². The Morgan fingerprint density at radius 2 is 2.19 bits per heavy atom. The van der Waals surface area contributed by atoms with E-state index in [9.17, 15) is 13.2 Å². The predicted molar refractivity (Wildman–Crippen MR) is 82.0 cm³/mol. The number of aromatic nitrogens is 1. The number of rotatable bonds is 5. The number of carbonyl (C=O) groups excluding carboxylic acids is 1. The Balaban J connectivity index is 2.01. The average molecular weight is 346 g/mol. The van der Waals surface area contributed by atoms with Crippen LogP contribution in [-0.2, 0) is 14.8 Å². The minimum Gasteiger partial charge on any atom is -0.310 e. The van der Waals surface area contributed by atoms with Crippen LogP contribution in [0.25, 0.3) is 0 Å². The van der Waals surface area contributed by atoms with Crippen LogP contribution in [0.4, 0.5) is 5.82 Å². The molecule has 21 heavy (non-hydrogen) atoms. The SMILES string of the molecule is CN(CC(=O)Nc1ccc(Cl)cn1)S(=O)(=O)c1cccs1. The molecule has 0 saturated heterocycles. The first kappa shape index (κ1) is 15.9. The molecule has 0 unspecified atom stereocenters. The molecule has 2 rings (SSSR count). The zero-order valence-corrected chi connectivity index (χ0v) is 13.4. The third kappa shape index (κ3) is 4.01. The zero-order chi connectivity index (χ0) is 15.5. The van der Waals surface area contributed by atoms with E-state index in [1.54, 1.807) is 17.5 Å². The Labute approximate surface area is 131 Å². The second-order valence-electron chi connectivity index (χ2n) is 4.10. The monoisotopic (exact) mass is 345 g/mol. The largest absolute Gasteiger partial charge is 0.310 e. The normalized spacial score (nSPS) is 11.6. The minimum atomic E-state index is -3.64. The smallest absolute Gasteiger partial charge is 0.252 e. The Hall–Kier alpha value is -1.48. The molecule has 0 aromatic carbocycles. The number of pyridine rings is 1. The maximum atomic E-state index is 12.1. The molecule has 2 aromatic rings. The van der Waals surface area contributed by atoms with Crippen LogP contribution in [0, 0.1) is 0 Å². The molecule has 0 bridgehead atoms. The summed E-state index contributed by atoms with van der Waals surface area (Å²) in [7, 11) is -2.29. The summed E-state index contributed by atoms with van der Waals surface area (Å²) in [6.07, 6.45) is 1.39. The molecule has 0 saturated carbocycles. The van der Waals surface area contributed by atoms with Gasteiger partial charge in [0.25, 0.3) is 10.0 Å². The third-order valence-corrected chi connectivity index (χ3v) is 5.92. The van der Waals surface area contributed by atoms with Crippen molar-refractivity contribution in [1.82, 2.24) is 9.29 Å². The van der Waals surface area contributed by atoms with E-state index >= 15 is 0 Å². The molecule has 0 fully saturated rings. The maximum Gasteiger partial charge on any atom is 0.252 e. The highest BCUT2D eigenvalue weighted by molar-refractivity contribution is 7.91. The molecule has 0 atom stereocenters. The van der Waals surface area contributed by atoms with Crippen molar-refractivity contribution in [2.45, 2.75) is 4.21 Å².